The van der Waals surface area contributed by atoms with Gasteiger partial charge in [-0.1, -0.05) is 38.2 Å². The maximum atomic E-state index is 12.1. The lowest BCUT2D eigenvalue weighted by Crippen LogP contribution is -2.27. The fourth-order valence-corrected chi connectivity index (χ4v) is 3.61. The number of aromatic nitrogens is 1. The average molecular weight is 297 g/mol. The highest BCUT2D eigenvalue weighted by Crippen LogP contribution is 2.25. The van der Waals surface area contributed by atoms with E-state index in [4.69, 9.17) is 5.73 Å². The van der Waals surface area contributed by atoms with Crippen molar-refractivity contribution in [1.82, 2.24) is 9.71 Å². The molecule has 3 N–H and O–H groups in total. The van der Waals surface area contributed by atoms with Crippen LogP contribution in [0.4, 0.5) is 0 Å². The van der Waals surface area contributed by atoms with Gasteiger partial charge in [-0.25, -0.2) is 18.1 Å². The van der Waals surface area contributed by atoms with E-state index in [1.54, 1.807) is 6.07 Å². The van der Waals surface area contributed by atoms with Gasteiger partial charge in [-0.05, 0) is 24.0 Å². The normalized spacial score (nSPS) is 17.2. The van der Waals surface area contributed by atoms with Gasteiger partial charge in [0.15, 0.2) is 5.03 Å². The van der Waals surface area contributed by atoms with Gasteiger partial charge in [0.05, 0.1) is 0 Å². The number of hydrogen-bond donors (Lipinski definition) is 2. The van der Waals surface area contributed by atoms with Crippen LogP contribution in [0.25, 0.3) is 0 Å². The molecule has 5 nitrogen and oxygen atoms in total. The van der Waals surface area contributed by atoms with Crippen molar-refractivity contribution >= 4 is 10.0 Å². The number of pyridine rings is 1. The van der Waals surface area contributed by atoms with Gasteiger partial charge in [0.1, 0.15) is 0 Å². The summed E-state index contributed by atoms with van der Waals surface area (Å²) in [5, 5.41) is 0.0679. The third-order valence-electron chi connectivity index (χ3n) is 3.88. The van der Waals surface area contributed by atoms with E-state index in [1.165, 1.54) is 44.4 Å². The Labute approximate surface area is 121 Å². The van der Waals surface area contributed by atoms with Gasteiger partial charge in [0.25, 0.3) is 10.0 Å². The van der Waals surface area contributed by atoms with E-state index >= 15 is 0 Å². The molecule has 112 valence electrons. The summed E-state index contributed by atoms with van der Waals surface area (Å²) in [6, 6.07) is 3.20. The molecule has 1 heterocycles. The fourth-order valence-electron chi connectivity index (χ4n) is 2.64. The van der Waals surface area contributed by atoms with Crippen LogP contribution in [0.5, 0.6) is 0 Å². The van der Waals surface area contributed by atoms with Gasteiger partial charge < -0.3 is 5.73 Å². The van der Waals surface area contributed by atoms with Crippen molar-refractivity contribution in [3.63, 3.8) is 0 Å². The predicted molar refractivity (Wildman–Crippen MR) is 78.5 cm³/mol. The molecule has 1 fully saturated rings. The smallest absolute Gasteiger partial charge is 0.258 e. The molecule has 1 aliphatic rings. The van der Waals surface area contributed by atoms with Crippen LogP contribution < -0.4 is 10.5 Å². The summed E-state index contributed by atoms with van der Waals surface area (Å²) >= 11 is 0. The number of hydrogen-bond acceptors (Lipinski definition) is 4. The zero-order valence-corrected chi connectivity index (χ0v) is 12.5. The Kier molecular flexibility index (Phi) is 5.51. The van der Waals surface area contributed by atoms with Crippen LogP contribution in [0.15, 0.2) is 23.4 Å². The summed E-state index contributed by atoms with van der Waals surface area (Å²) in [5.41, 5.74) is 6.29. The summed E-state index contributed by atoms with van der Waals surface area (Å²) in [6.07, 6.45) is 8.75. The van der Waals surface area contributed by atoms with Crippen LogP contribution in [0.2, 0.25) is 0 Å². The van der Waals surface area contributed by atoms with Crippen molar-refractivity contribution in [1.29, 1.82) is 0 Å². The molecule has 20 heavy (non-hydrogen) atoms. The standard InChI is InChI=1S/C14H23N3O2S/c15-10-13-6-7-14(16-11-13)20(18,19)17-9-8-12-4-2-1-3-5-12/h6-7,11-12,17H,1-5,8-10,15H2. The van der Waals surface area contributed by atoms with E-state index < -0.39 is 10.0 Å². The highest BCUT2D eigenvalue weighted by atomic mass is 32.2. The highest BCUT2D eigenvalue weighted by molar-refractivity contribution is 7.89. The minimum atomic E-state index is -3.49. The van der Waals surface area contributed by atoms with Gasteiger partial charge in [-0.15, -0.1) is 0 Å². The lowest BCUT2D eigenvalue weighted by atomic mass is 9.87. The molecule has 1 saturated carbocycles. The van der Waals surface area contributed by atoms with Crippen LogP contribution in [-0.2, 0) is 16.6 Å². The Balaban J connectivity index is 1.86. The second-order valence-corrected chi connectivity index (χ2v) is 7.11. The molecule has 0 unspecified atom stereocenters. The highest BCUT2D eigenvalue weighted by Gasteiger charge is 2.17. The monoisotopic (exact) mass is 297 g/mol. The van der Waals surface area contributed by atoms with E-state index in [9.17, 15) is 8.42 Å². The molecule has 2 rings (SSSR count). The van der Waals surface area contributed by atoms with Crippen LogP contribution in [0, 0.1) is 5.92 Å². The Morgan fingerprint density at radius 1 is 1.25 bits per heavy atom. The van der Waals surface area contributed by atoms with Gasteiger partial charge in [-0.2, -0.15) is 0 Å². The molecule has 6 heteroatoms. The first-order chi connectivity index (χ1) is 9.62. The SMILES string of the molecule is NCc1ccc(S(=O)(=O)NCCC2CCCCC2)nc1. The van der Waals surface area contributed by atoms with Crippen LogP contribution in [-0.4, -0.2) is 19.9 Å². The van der Waals surface area contributed by atoms with Crippen molar-refractivity contribution in [2.45, 2.75) is 50.1 Å². The first-order valence-electron chi connectivity index (χ1n) is 7.26. The molecule has 0 atom stereocenters. The summed E-state index contributed by atoms with van der Waals surface area (Å²) in [5.74, 6) is 0.666. The molecular formula is C14H23N3O2S. The largest absolute Gasteiger partial charge is 0.326 e. The molecule has 0 aromatic carbocycles. The minimum Gasteiger partial charge on any atom is -0.326 e. The molecule has 0 spiro atoms. The van der Waals surface area contributed by atoms with Crippen LogP contribution >= 0.6 is 0 Å². The third-order valence-corrected chi connectivity index (χ3v) is 5.25. The van der Waals surface area contributed by atoms with Crippen LogP contribution in [0.1, 0.15) is 44.1 Å². The third kappa shape index (κ3) is 4.26. The van der Waals surface area contributed by atoms with Gasteiger partial charge in [-0.3, -0.25) is 0 Å². The second-order valence-electron chi connectivity index (χ2n) is 5.40. The van der Waals surface area contributed by atoms with Crippen molar-refractivity contribution < 1.29 is 8.42 Å². The van der Waals surface area contributed by atoms with Gasteiger partial charge in [0, 0.05) is 19.3 Å². The minimum absolute atomic E-state index is 0.0679. The van der Waals surface area contributed by atoms with E-state index in [2.05, 4.69) is 9.71 Å². The molecule has 0 radical (unpaired) electrons. The Bertz CT molecular complexity index is 508. The first-order valence-corrected chi connectivity index (χ1v) is 8.75. The first kappa shape index (κ1) is 15.4. The number of nitrogens with zero attached hydrogens (tertiary/aromatic N) is 1. The molecule has 1 aromatic rings. The molecule has 0 aliphatic heterocycles. The van der Waals surface area contributed by atoms with Crippen molar-refractivity contribution in [3.05, 3.63) is 23.9 Å². The predicted octanol–water partition coefficient (Wildman–Crippen LogP) is 1.79. The molecule has 1 aromatic heterocycles. The Hall–Kier alpha value is -0.980. The van der Waals surface area contributed by atoms with Crippen molar-refractivity contribution in [3.8, 4) is 0 Å². The maximum Gasteiger partial charge on any atom is 0.258 e. The number of sulfonamides is 1. The van der Waals surface area contributed by atoms with E-state index in [0.717, 1.165) is 12.0 Å². The summed E-state index contributed by atoms with van der Waals surface area (Å²) < 4.78 is 26.8. The summed E-state index contributed by atoms with van der Waals surface area (Å²) in [6.45, 7) is 0.857. The molecule has 0 saturated heterocycles. The van der Waals surface area contributed by atoms with E-state index in [-0.39, 0.29) is 5.03 Å². The van der Waals surface area contributed by atoms with Crippen molar-refractivity contribution in [2.75, 3.05) is 6.54 Å². The zero-order chi connectivity index (χ0) is 14.4. The quantitative estimate of drug-likeness (QED) is 0.838. The van der Waals surface area contributed by atoms with Crippen molar-refractivity contribution in [2.24, 2.45) is 11.7 Å². The summed E-state index contributed by atoms with van der Waals surface area (Å²) in [4.78, 5) is 3.96. The topological polar surface area (TPSA) is 85.1 Å². The zero-order valence-electron chi connectivity index (χ0n) is 11.7. The Morgan fingerprint density at radius 2 is 2.00 bits per heavy atom. The molecule has 0 amide bonds. The molecule has 1 aliphatic carbocycles. The maximum absolute atomic E-state index is 12.1. The average Bonchev–Trinajstić information content (AvgIpc) is 2.48. The molecular weight excluding hydrogens is 274 g/mol. The second kappa shape index (κ2) is 7.15. The summed E-state index contributed by atoms with van der Waals surface area (Å²) in [7, 11) is -3.49. The van der Waals surface area contributed by atoms with E-state index in [1.807, 2.05) is 0 Å². The number of rotatable bonds is 6. The lowest BCUT2D eigenvalue weighted by molar-refractivity contribution is 0.339. The number of nitrogens with two attached hydrogens (primary N) is 1. The van der Waals surface area contributed by atoms with E-state index in [0.29, 0.717) is 19.0 Å². The lowest BCUT2D eigenvalue weighted by Gasteiger charge is -2.21. The van der Waals surface area contributed by atoms with Gasteiger partial charge >= 0.3 is 0 Å². The fraction of sp³-hybridized carbons (Fsp3) is 0.643. The Morgan fingerprint density at radius 3 is 2.60 bits per heavy atom. The van der Waals surface area contributed by atoms with Crippen LogP contribution in [0.3, 0.4) is 0 Å². The number of nitrogens with one attached hydrogen (secondary N) is 1. The molecule has 0 bridgehead atoms. The van der Waals surface area contributed by atoms with Gasteiger partial charge in [0.2, 0.25) is 0 Å².